The molecule has 2 heterocycles. The molecule has 0 bridgehead atoms. The summed E-state index contributed by atoms with van der Waals surface area (Å²) in [6.07, 6.45) is 5.98. The summed E-state index contributed by atoms with van der Waals surface area (Å²) in [6, 6.07) is 6.41. The van der Waals surface area contributed by atoms with Gasteiger partial charge in [0.15, 0.2) is 0 Å². The van der Waals surface area contributed by atoms with Crippen molar-refractivity contribution in [2.75, 3.05) is 11.1 Å². The first kappa shape index (κ1) is 19.0. The first-order chi connectivity index (χ1) is 13.6. The van der Waals surface area contributed by atoms with Crippen molar-refractivity contribution >= 4 is 34.0 Å². The summed E-state index contributed by atoms with van der Waals surface area (Å²) in [5, 5.41) is 23.1. The van der Waals surface area contributed by atoms with Crippen molar-refractivity contribution in [2.45, 2.75) is 50.5 Å². The zero-order valence-electron chi connectivity index (χ0n) is 15.7. The van der Waals surface area contributed by atoms with Crippen LogP contribution in [0, 0.1) is 28.6 Å². The number of fused-ring (bicyclic) bond motifs is 2. The van der Waals surface area contributed by atoms with E-state index in [0.717, 1.165) is 55.3 Å². The molecule has 7 heteroatoms. The van der Waals surface area contributed by atoms with Crippen LogP contribution in [0.1, 0.15) is 52.6 Å². The summed E-state index contributed by atoms with van der Waals surface area (Å²) in [5.74, 6) is 0.620. The van der Waals surface area contributed by atoms with Crippen molar-refractivity contribution in [3.8, 4) is 12.1 Å². The van der Waals surface area contributed by atoms with E-state index < -0.39 is 0 Å². The minimum Gasteiger partial charge on any atom is -0.316 e. The smallest absolute Gasteiger partial charge is 0.235 e. The molecule has 1 N–H and O–H groups in total. The van der Waals surface area contributed by atoms with Crippen LogP contribution in [0.25, 0.3) is 0 Å². The molecule has 0 fully saturated rings. The Kier molecular flexibility index (Phi) is 5.39. The fourth-order valence-electron chi connectivity index (χ4n) is 3.93. The van der Waals surface area contributed by atoms with E-state index in [1.54, 1.807) is 0 Å². The fraction of sp³-hybridized carbons (Fsp3) is 0.429. The molecule has 5 nitrogen and oxygen atoms in total. The lowest BCUT2D eigenvalue weighted by molar-refractivity contribution is -0.113. The maximum absolute atomic E-state index is 12.5. The summed E-state index contributed by atoms with van der Waals surface area (Å²) in [5.41, 5.74) is 4.48. The van der Waals surface area contributed by atoms with Crippen LogP contribution in [0.5, 0.6) is 0 Å². The monoisotopic (exact) mass is 408 g/mol. The van der Waals surface area contributed by atoms with Gasteiger partial charge in [0, 0.05) is 10.6 Å². The Morgan fingerprint density at radius 2 is 2.21 bits per heavy atom. The third-order valence-corrected chi connectivity index (χ3v) is 7.54. The lowest BCUT2D eigenvalue weighted by Gasteiger charge is -2.21. The van der Waals surface area contributed by atoms with Gasteiger partial charge in [-0.15, -0.1) is 11.3 Å². The van der Waals surface area contributed by atoms with Crippen molar-refractivity contribution in [1.82, 2.24) is 4.98 Å². The average Bonchev–Trinajstić information content (AvgIpc) is 3.26. The number of carbonyl (C=O) groups is 1. The molecule has 142 valence electrons. The van der Waals surface area contributed by atoms with Gasteiger partial charge in [-0.3, -0.25) is 4.79 Å². The molecule has 0 spiro atoms. The molecule has 0 aromatic carbocycles. The molecule has 0 aliphatic heterocycles. The molecule has 0 saturated carbocycles. The van der Waals surface area contributed by atoms with Crippen LogP contribution < -0.4 is 5.32 Å². The van der Waals surface area contributed by atoms with Crippen molar-refractivity contribution in [3.05, 3.63) is 38.9 Å². The van der Waals surface area contributed by atoms with Crippen LogP contribution in [-0.2, 0) is 30.5 Å². The number of carbonyl (C=O) groups excluding carboxylic acids is 1. The second-order valence-corrected chi connectivity index (χ2v) is 9.49. The summed E-state index contributed by atoms with van der Waals surface area (Å²) in [4.78, 5) is 18.4. The number of rotatable bonds is 4. The first-order valence-corrected chi connectivity index (χ1v) is 11.3. The van der Waals surface area contributed by atoms with E-state index in [2.05, 4.69) is 29.4 Å². The number of pyridine rings is 1. The van der Waals surface area contributed by atoms with Gasteiger partial charge in [0.25, 0.3) is 0 Å². The van der Waals surface area contributed by atoms with Crippen molar-refractivity contribution in [1.29, 1.82) is 10.5 Å². The Labute approximate surface area is 172 Å². The number of aromatic nitrogens is 1. The Hall–Kier alpha value is -2.35. The molecule has 0 saturated heterocycles. The van der Waals surface area contributed by atoms with E-state index in [9.17, 15) is 15.3 Å². The van der Waals surface area contributed by atoms with Crippen LogP contribution in [0.15, 0.2) is 11.1 Å². The van der Waals surface area contributed by atoms with Crippen LogP contribution in [-0.4, -0.2) is 16.6 Å². The molecule has 1 atom stereocenters. The molecular formula is C21H20N4OS2. The highest BCUT2D eigenvalue weighted by molar-refractivity contribution is 8.00. The highest BCUT2D eigenvalue weighted by Crippen LogP contribution is 2.38. The number of nitrogens with zero attached hydrogens (tertiary/aromatic N) is 3. The van der Waals surface area contributed by atoms with Gasteiger partial charge in [-0.25, -0.2) is 4.98 Å². The van der Waals surface area contributed by atoms with Gasteiger partial charge >= 0.3 is 0 Å². The van der Waals surface area contributed by atoms with Crippen LogP contribution >= 0.6 is 23.1 Å². The number of aryl methyl sites for hydroxylation is 2. The maximum atomic E-state index is 12.5. The quantitative estimate of drug-likeness (QED) is 0.765. The van der Waals surface area contributed by atoms with Gasteiger partial charge in [0.05, 0.1) is 16.9 Å². The largest absolute Gasteiger partial charge is 0.316 e. The third kappa shape index (κ3) is 3.65. The van der Waals surface area contributed by atoms with E-state index >= 15 is 0 Å². The van der Waals surface area contributed by atoms with Gasteiger partial charge in [0.2, 0.25) is 5.91 Å². The number of nitriles is 2. The molecule has 2 aromatic rings. The van der Waals surface area contributed by atoms with E-state index in [0.29, 0.717) is 27.1 Å². The summed E-state index contributed by atoms with van der Waals surface area (Å²) >= 11 is 2.81. The Bertz CT molecular complexity index is 1030. The molecular weight excluding hydrogens is 388 g/mol. The molecule has 1 unspecified atom stereocenters. The lowest BCUT2D eigenvalue weighted by atomic mass is 9.87. The highest BCUT2D eigenvalue weighted by atomic mass is 32.2. The van der Waals surface area contributed by atoms with Gasteiger partial charge < -0.3 is 5.32 Å². The fourth-order valence-corrected chi connectivity index (χ4v) is 5.96. The average molecular weight is 409 g/mol. The number of nitrogens with one attached hydrogen (secondary N) is 1. The summed E-state index contributed by atoms with van der Waals surface area (Å²) < 4.78 is 0. The Morgan fingerprint density at radius 3 is 3.00 bits per heavy atom. The summed E-state index contributed by atoms with van der Waals surface area (Å²) in [7, 11) is 0. The predicted molar refractivity (Wildman–Crippen MR) is 111 cm³/mol. The van der Waals surface area contributed by atoms with Crippen molar-refractivity contribution in [2.24, 2.45) is 5.92 Å². The molecule has 2 aliphatic carbocycles. The lowest BCUT2D eigenvalue weighted by Crippen LogP contribution is -2.16. The molecule has 4 rings (SSSR count). The third-order valence-electron chi connectivity index (χ3n) is 5.34. The van der Waals surface area contributed by atoms with Crippen molar-refractivity contribution in [3.63, 3.8) is 0 Å². The Balaban J connectivity index is 1.46. The molecule has 28 heavy (non-hydrogen) atoms. The standard InChI is InChI=1S/C21H20N4OS2/c1-12-5-6-17-13(7-12)8-14(9-22)20(24-17)27-11-19(26)25-21-16(10-23)15-3-2-4-18(15)28-21/h8,12H,2-7,11H2,1H3,(H,25,26). The number of hydrogen-bond acceptors (Lipinski definition) is 6. The predicted octanol–water partition coefficient (Wildman–Crippen LogP) is 4.23. The first-order valence-electron chi connectivity index (χ1n) is 9.49. The number of anilines is 1. The number of thiophene rings is 1. The molecule has 0 radical (unpaired) electrons. The second kappa shape index (κ2) is 7.95. The van der Waals surface area contributed by atoms with E-state index in [4.69, 9.17) is 0 Å². The zero-order valence-corrected chi connectivity index (χ0v) is 17.3. The number of amides is 1. The van der Waals surface area contributed by atoms with Gasteiger partial charge in [0.1, 0.15) is 22.2 Å². The highest BCUT2D eigenvalue weighted by Gasteiger charge is 2.24. The van der Waals surface area contributed by atoms with Gasteiger partial charge in [-0.2, -0.15) is 10.5 Å². The molecule has 1 amide bonds. The number of thioether (sulfide) groups is 1. The van der Waals surface area contributed by atoms with Crippen molar-refractivity contribution < 1.29 is 4.79 Å². The zero-order chi connectivity index (χ0) is 19.7. The van der Waals surface area contributed by atoms with E-state index in [1.807, 2.05) is 6.07 Å². The van der Waals surface area contributed by atoms with Gasteiger partial charge in [-0.05, 0) is 61.6 Å². The minimum absolute atomic E-state index is 0.168. The van der Waals surface area contributed by atoms with E-state index in [-0.39, 0.29) is 11.7 Å². The number of hydrogen-bond donors (Lipinski definition) is 1. The SMILES string of the molecule is CC1CCc2nc(SCC(=O)Nc3sc4c(c3C#N)CCC4)c(C#N)cc2C1. The van der Waals surface area contributed by atoms with Crippen LogP contribution in [0.2, 0.25) is 0 Å². The molecule has 2 aliphatic rings. The van der Waals surface area contributed by atoms with Crippen LogP contribution in [0.3, 0.4) is 0 Å². The van der Waals surface area contributed by atoms with E-state index in [1.165, 1.54) is 28.0 Å². The minimum atomic E-state index is -0.168. The second-order valence-electron chi connectivity index (χ2n) is 7.42. The van der Waals surface area contributed by atoms with Gasteiger partial charge in [-0.1, -0.05) is 18.7 Å². The summed E-state index contributed by atoms with van der Waals surface area (Å²) in [6.45, 7) is 2.22. The Morgan fingerprint density at radius 1 is 1.36 bits per heavy atom. The maximum Gasteiger partial charge on any atom is 0.235 e. The normalized spacial score (nSPS) is 17.3. The topological polar surface area (TPSA) is 89.6 Å². The molecule has 2 aromatic heterocycles. The van der Waals surface area contributed by atoms with Crippen LogP contribution in [0.4, 0.5) is 5.00 Å².